The summed E-state index contributed by atoms with van der Waals surface area (Å²) >= 11 is 0. The molecule has 0 radical (unpaired) electrons. The van der Waals surface area contributed by atoms with Gasteiger partial charge in [0.15, 0.2) is 0 Å². The van der Waals surface area contributed by atoms with E-state index in [0.29, 0.717) is 31.5 Å². The van der Waals surface area contributed by atoms with Crippen LogP contribution in [0, 0.1) is 17.3 Å². The smallest absolute Gasteiger partial charge is 0.240 e. The van der Waals surface area contributed by atoms with E-state index >= 15 is 0 Å². The molecule has 114 valence electrons. The van der Waals surface area contributed by atoms with Crippen LogP contribution in [-0.4, -0.2) is 42.4 Å². The molecular formula is C15H27N3O2. The molecule has 2 aliphatic rings. The van der Waals surface area contributed by atoms with Gasteiger partial charge in [-0.1, -0.05) is 20.8 Å². The average Bonchev–Trinajstić information content (AvgIpc) is 2.35. The normalized spacial score (nSPS) is 33.1. The Kier molecular flexibility index (Phi) is 4.49. The summed E-state index contributed by atoms with van der Waals surface area (Å²) in [6, 6.07) is 0.257. The second-order valence-electron chi connectivity index (χ2n) is 7.32. The SMILES string of the molecule is CC(C)(C)C1CCC(CN)C(N2CC(=O)NC(=O)C2)C1. The van der Waals surface area contributed by atoms with E-state index < -0.39 is 0 Å². The van der Waals surface area contributed by atoms with Gasteiger partial charge < -0.3 is 5.73 Å². The molecule has 2 amide bonds. The van der Waals surface area contributed by atoms with Crippen molar-refractivity contribution in [2.75, 3.05) is 19.6 Å². The van der Waals surface area contributed by atoms with Gasteiger partial charge in [0.2, 0.25) is 11.8 Å². The summed E-state index contributed by atoms with van der Waals surface area (Å²) in [6.07, 6.45) is 3.32. The zero-order valence-corrected chi connectivity index (χ0v) is 12.8. The van der Waals surface area contributed by atoms with Crippen LogP contribution in [0.4, 0.5) is 0 Å². The Morgan fingerprint density at radius 1 is 1.20 bits per heavy atom. The van der Waals surface area contributed by atoms with Crippen molar-refractivity contribution in [2.24, 2.45) is 23.0 Å². The summed E-state index contributed by atoms with van der Waals surface area (Å²) < 4.78 is 0. The molecule has 1 saturated heterocycles. The minimum Gasteiger partial charge on any atom is -0.330 e. The van der Waals surface area contributed by atoms with Crippen LogP contribution in [0.2, 0.25) is 0 Å². The fourth-order valence-electron chi connectivity index (χ4n) is 3.61. The number of imide groups is 1. The molecule has 2 fully saturated rings. The van der Waals surface area contributed by atoms with E-state index in [2.05, 4.69) is 26.1 Å². The number of hydrogen-bond donors (Lipinski definition) is 2. The van der Waals surface area contributed by atoms with E-state index in [1.807, 2.05) is 4.90 Å². The molecule has 3 unspecified atom stereocenters. The number of nitrogens with zero attached hydrogens (tertiary/aromatic N) is 1. The van der Waals surface area contributed by atoms with E-state index in [4.69, 9.17) is 5.73 Å². The fourth-order valence-corrected chi connectivity index (χ4v) is 3.61. The Morgan fingerprint density at radius 3 is 2.30 bits per heavy atom. The van der Waals surface area contributed by atoms with Crippen molar-refractivity contribution >= 4 is 11.8 Å². The lowest BCUT2D eigenvalue weighted by molar-refractivity contribution is -0.138. The Labute approximate surface area is 121 Å². The number of amides is 2. The second-order valence-corrected chi connectivity index (χ2v) is 7.32. The van der Waals surface area contributed by atoms with Gasteiger partial charge in [-0.15, -0.1) is 0 Å². The highest BCUT2D eigenvalue weighted by Gasteiger charge is 2.40. The minimum atomic E-state index is -0.185. The number of hydrogen-bond acceptors (Lipinski definition) is 4. The summed E-state index contributed by atoms with van der Waals surface area (Å²) in [7, 11) is 0. The number of carbonyl (C=O) groups is 2. The van der Waals surface area contributed by atoms with Crippen molar-refractivity contribution in [3.8, 4) is 0 Å². The monoisotopic (exact) mass is 281 g/mol. The Bertz CT molecular complexity index is 373. The molecule has 0 aromatic heterocycles. The molecule has 20 heavy (non-hydrogen) atoms. The average molecular weight is 281 g/mol. The van der Waals surface area contributed by atoms with Crippen LogP contribution in [-0.2, 0) is 9.59 Å². The van der Waals surface area contributed by atoms with Crippen molar-refractivity contribution in [1.29, 1.82) is 0 Å². The summed E-state index contributed by atoms with van der Waals surface area (Å²) in [5.41, 5.74) is 6.18. The van der Waals surface area contributed by atoms with E-state index in [1.54, 1.807) is 0 Å². The summed E-state index contributed by atoms with van der Waals surface area (Å²) in [5.74, 6) is 0.646. The second kappa shape index (κ2) is 5.82. The predicted octanol–water partition coefficient (Wildman–Crippen LogP) is 0.735. The zero-order chi connectivity index (χ0) is 14.9. The lowest BCUT2D eigenvalue weighted by Gasteiger charge is -2.46. The fraction of sp³-hybridized carbons (Fsp3) is 0.867. The van der Waals surface area contributed by atoms with Crippen LogP contribution in [0.3, 0.4) is 0 Å². The number of nitrogens with two attached hydrogens (primary N) is 1. The van der Waals surface area contributed by atoms with Crippen molar-refractivity contribution in [1.82, 2.24) is 10.2 Å². The number of carbonyl (C=O) groups excluding carboxylic acids is 2. The van der Waals surface area contributed by atoms with E-state index in [9.17, 15) is 9.59 Å². The van der Waals surface area contributed by atoms with E-state index in [1.165, 1.54) is 6.42 Å². The highest BCUT2D eigenvalue weighted by atomic mass is 16.2. The first-order chi connectivity index (χ1) is 9.31. The number of rotatable bonds is 2. The topological polar surface area (TPSA) is 75.4 Å². The molecule has 3 atom stereocenters. The molecule has 2 rings (SSSR count). The molecule has 3 N–H and O–H groups in total. The molecule has 1 saturated carbocycles. The largest absolute Gasteiger partial charge is 0.330 e. The van der Waals surface area contributed by atoms with Crippen LogP contribution in [0.5, 0.6) is 0 Å². The third-order valence-corrected chi connectivity index (χ3v) is 4.92. The lowest BCUT2D eigenvalue weighted by atomic mass is 9.67. The maximum Gasteiger partial charge on any atom is 0.240 e. The maximum absolute atomic E-state index is 11.6. The Morgan fingerprint density at radius 2 is 1.80 bits per heavy atom. The third kappa shape index (κ3) is 3.38. The zero-order valence-electron chi connectivity index (χ0n) is 12.8. The van der Waals surface area contributed by atoms with Crippen LogP contribution >= 0.6 is 0 Å². The minimum absolute atomic E-state index is 0.185. The van der Waals surface area contributed by atoms with Crippen LogP contribution in [0.1, 0.15) is 40.0 Å². The van der Waals surface area contributed by atoms with Crippen molar-refractivity contribution in [3.05, 3.63) is 0 Å². The van der Waals surface area contributed by atoms with Gasteiger partial charge in [0.1, 0.15) is 0 Å². The van der Waals surface area contributed by atoms with Gasteiger partial charge in [-0.05, 0) is 43.1 Å². The molecule has 0 aromatic rings. The quantitative estimate of drug-likeness (QED) is 0.732. The first kappa shape index (κ1) is 15.4. The Hall–Kier alpha value is -0.940. The van der Waals surface area contributed by atoms with Gasteiger partial charge in [0, 0.05) is 6.04 Å². The van der Waals surface area contributed by atoms with Crippen molar-refractivity contribution in [3.63, 3.8) is 0 Å². The Balaban J connectivity index is 2.12. The van der Waals surface area contributed by atoms with Gasteiger partial charge in [-0.3, -0.25) is 19.8 Å². The molecule has 0 bridgehead atoms. The van der Waals surface area contributed by atoms with Gasteiger partial charge in [0.05, 0.1) is 13.1 Å². The van der Waals surface area contributed by atoms with Crippen molar-refractivity contribution < 1.29 is 9.59 Å². The third-order valence-electron chi connectivity index (χ3n) is 4.92. The molecule has 1 aliphatic heterocycles. The van der Waals surface area contributed by atoms with Crippen LogP contribution < -0.4 is 11.1 Å². The van der Waals surface area contributed by atoms with Gasteiger partial charge in [-0.2, -0.15) is 0 Å². The van der Waals surface area contributed by atoms with Gasteiger partial charge in [-0.25, -0.2) is 0 Å². The van der Waals surface area contributed by atoms with Gasteiger partial charge >= 0.3 is 0 Å². The molecular weight excluding hydrogens is 254 g/mol. The summed E-state index contributed by atoms with van der Waals surface area (Å²) in [5, 5.41) is 2.37. The van der Waals surface area contributed by atoms with Crippen molar-refractivity contribution in [2.45, 2.75) is 46.1 Å². The molecule has 0 aromatic carbocycles. The highest BCUT2D eigenvalue weighted by Crippen LogP contribution is 2.41. The van der Waals surface area contributed by atoms with E-state index in [0.717, 1.165) is 12.8 Å². The van der Waals surface area contributed by atoms with Crippen LogP contribution in [0.25, 0.3) is 0 Å². The van der Waals surface area contributed by atoms with Crippen LogP contribution in [0.15, 0.2) is 0 Å². The first-order valence-electron chi connectivity index (χ1n) is 7.58. The molecule has 1 aliphatic carbocycles. The summed E-state index contributed by atoms with van der Waals surface area (Å²) in [4.78, 5) is 25.2. The van der Waals surface area contributed by atoms with Gasteiger partial charge in [0.25, 0.3) is 0 Å². The first-order valence-corrected chi connectivity index (χ1v) is 7.58. The number of nitrogens with one attached hydrogen (secondary N) is 1. The highest BCUT2D eigenvalue weighted by molar-refractivity contribution is 5.99. The summed E-state index contributed by atoms with van der Waals surface area (Å²) in [6.45, 7) is 8.09. The standard InChI is InChI=1S/C15H27N3O2/c1-15(2,3)11-5-4-10(7-16)12(6-11)18-8-13(19)17-14(20)9-18/h10-12H,4-9,16H2,1-3H3,(H,17,19,20). The number of piperazine rings is 1. The molecule has 0 spiro atoms. The molecule has 1 heterocycles. The van der Waals surface area contributed by atoms with E-state index in [-0.39, 0.29) is 23.3 Å². The predicted molar refractivity (Wildman–Crippen MR) is 77.9 cm³/mol. The lowest BCUT2D eigenvalue weighted by Crippen LogP contribution is -2.58. The molecule has 5 heteroatoms. The maximum atomic E-state index is 11.6. The molecule has 5 nitrogen and oxygen atoms in total.